The first kappa shape index (κ1) is 39.5. The SMILES string of the molecule is CCCCCC1CCC2(CC1)CC1(CCC(CCC)CC1)C2=O.CCCCCCCC1CCC2(CC1)CC1(CCCCC1CCCC)C2=O. The van der Waals surface area contributed by atoms with Gasteiger partial charge >= 0.3 is 0 Å². The van der Waals surface area contributed by atoms with Crippen molar-refractivity contribution in [3.05, 3.63) is 0 Å². The fraction of sp³-hybridized carbons (Fsp3) is 0.957. The van der Waals surface area contributed by atoms with E-state index in [0.29, 0.717) is 5.78 Å². The zero-order valence-electron chi connectivity index (χ0n) is 33.5. The maximum atomic E-state index is 13.5. The van der Waals surface area contributed by atoms with Crippen molar-refractivity contribution in [2.75, 3.05) is 0 Å². The van der Waals surface area contributed by atoms with Gasteiger partial charge in [0.05, 0.1) is 0 Å². The van der Waals surface area contributed by atoms with Crippen molar-refractivity contribution in [1.29, 1.82) is 0 Å². The van der Waals surface area contributed by atoms with Crippen LogP contribution in [0.3, 0.4) is 0 Å². The number of hydrogen-bond acceptors (Lipinski definition) is 2. The fourth-order valence-electron chi connectivity index (χ4n) is 13.1. The lowest BCUT2D eigenvalue weighted by Gasteiger charge is -2.61. The lowest BCUT2D eigenvalue weighted by atomic mass is 9.40. The van der Waals surface area contributed by atoms with E-state index in [2.05, 4.69) is 27.7 Å². The molecule has 2 heteroatoms. The molecule has 6 fully saturated rings. The Bertz CT molecular complexity index is 1000. The number of carbonyl (C=O) groups excluding carboxylic acids is 2. The molecule has 282 valence electrons. The summed E-state index contributed by atoms with van der Waals surface area (Å²) in [5.74, 6) is 4.96. The molecule has 0 aromatic heterocycles. The van der Waals surface area contributed by atoms with Crippen LogP contribution in [0.5, 0.6) is 0 Å². The molecule has 6 rings (SSSR count). The van der Waals surface area contributed by atoms with Crippen molar-refractivity contribution in [2.45, 2.75) is 240 Å². The van der Waals surface area contributed by atoms with E-state index < -0.39 is 0 Å². The molecule has 0 N–H and O–H groups in total. The normalized spacial score (nSPS) is 38.8. The van der Waals surface area contributed by atoms with Crippen LogP contribution in [-0.4, -0.2) is 11.6 Å². The van der Waals surface area contributed by atoms with E-state index in [-0.39, 0.29) is 21.7 Å². The van der Waals surface area contributed by atoms with Crippen LogP contribution in [0.2, 0.25) is 0 Å². The third-order valence-corrected chi connectivity index (χ3v) is 16.2. The third kappa shape index (κ3) is 8.94. The summed E-state index contributed by atoms with van der Waals surface area (Å²) in [6.07, 6.45) is 43.8. The van der Waals surface area contributed by atoms with E-state index in [9.17, 15) is 9.59 Å². The van der Waals surface area contributed by atoms with Crippen molar-refractivity contribution in [3.63, 3.8) is 0 Å². The highest BCUT2D eigenvalue weighted by atomic mass is 16.1. The maximum Gasteiger partial charge on any atom is 0.145 e. The summed E-state index contributed by atoms with van der Waals surface area (Å²) < 4.78 is 0. The molecule has 0 bridgehead atoms. The summed E-state index contributed by atoms with van der Waals surface area (Å²) in [4.78, 5) is 26.7. The zero-order chi connectivity index (χ0) is 34.8. The summed E-state index contributed by atoms with van der Waals surface area (Å²) >= 11 is 0. The Labute approximate surface area is 305 Å². The van der Waals surface area contributed by atoms with Crippen LogP contribution in [0.4, 0.5) is 0 Å². The second-order valence-corrected chi connectivity index (χ2v) is 19.4. The fourth-order valence-corrected chi connectivity index (χ4v) is 13.1. The first-order valence-electron chi connectivity index (χ1n) is 22.9. The van der Waals surface area contributed by atoms with Gasteiger partial charge in [-0.05, 0) is 133 Å². The predicted octanol–water partition coefficient (Wildman–Crippen LogP) is 14.6. The van der Waals surface area contributed by atoms with E-state index in [4.69, 9.17) is 0 Å². The van der Waals surface area contributed by atoms with Crippen molar-refractivity contribution in [1.82, 2.24) is 0 Å². The number of ketones is 2. The van der Waals surface area contributed by atoms with Crippen LogP contribution in [0, 0.1) is 45.3 Å². The van der Waals surface area contributed by atoms with Gasteiger partial charge in [-0.2, -0.15) is 0 Å². The first-order chi connectivity index (χ1) is 23.8. The average Bonchev–Trinajstić information content (AvgIpc) is 3.13. The van der Waals surface area contributed by atoms with Crippen LogP contribution in [0.15, 0.2) is 0 Å². The minimum Gasteiger partial charge on any atom is -0.298 e. The number of unbranched alkanes of at least 4 members (excludes halogenated alkanes) is 7. The summed E-state index contributed by atoms with van der Waals surface area (Å²) in [7, 11) is 0. The second kappa shape index (κ2) is 18.4. The van der Waals surface area contributed by atoms with Crippen molar-refractivity contribution >= 4 is 11.6 Å². The monoisotopic (exact) mass is 679 g/mol. The molecule has 0 saturated heterocycles. The highest BCUT2D eigenvalue weighted by molar-refractivity contribution is 5.97. The molecule has 0 aliphatic heterocycles. The minimum atomic E-state index is 0.139. The van der Waals surface area contributed by atoms with Gasteiger partial charge < -0.3 is 0 Å². The molecular weight excluding hydrogens is 597 g/mol. The Kier molecular flexibility index (Phi) is 14.8. The molecule has 6 saturated carbocycles. The molecule has 6 aliphatic rings. The van der Waals surface area contributed by atoms with Crippen LogP contribution >= 0.6 is 0 Å². The molecular formula is C47H82O2. The summed E-state index contributed by atoms with van der Waals surface area (Å²) in [5, 5.41) is 0. The lowest BCUT2D eigenvalue weighted by molar-refractivity contribution is -0.176. The molecule has 0 heterocycles. The van der Waals surface area contributed by atoms with E-state index >= 15 is 0 Å². The Morgan fingerprint density at radius 1 is 0.429 bits per heavy atom. The predicted molar refractivity (Wildman–Crippen MR) is 209 cm³/mol. The van der Waals surface area contributed by atoms with E-state index in [1.165, 1.54) is 212 Å². The average molecular weight is 679 g/mol. The Morgan fingerprint density at radius 3 is 1.39 bits per heavy atom. The number of hydrogen-bond donors (Lipinski definition) is 0. The van der Waals surface area contributed by atoms with Gasteiger partial charge in [-0.3, -0.25) is 9.59 Å². The van der Waals surface area contributed by atoms with E-state index in [0.717, 1.165) is 29.5 Å². The molecule has 0 radical (unpaired) electrons. The quantitative estimate of drug-likeness (QED) is 0.162. The highest BCUT2D eigenvalue weighted by Gasteiger charge is 2.65. The minimum absolute atomic E-state index is 0.139. The summed E-state index contributed by atoms with van der Waals surface area (Å²) in [6.45, 7) is 9.18. The van der Waals surface area contributed by atoms with Gasteiger partial charge in [0, 0.05) is 21.7 Å². The first-order valence-corrected chi connectivity index (χ1v) is 22.9. The van der Waals surface area contributed by atoms with Crippen LogP contribution < -0.4 is 0 Å². The zero-order valence-corrected chi connectivity index (χ0v) is 33.5. The molecule has 0 aromatic rings. The van der Waals surface area contributed by atoms with Gasteiger partial charge in [-0.15, -0.1) is 0 Å². The van der Waals surface area contributed by atoms with Crippen LogP contribution in [0.1, 0.15) is 240 Å². The molecule has 0 amide bonds. The summed E-state index contributed by atoms with van der Waals surface area (Å²) in [5.41, 5.74) is 0.582. The molecule has 2 nitrogen and oxygen atoms in total. The molecule has 2 atom stereocenters. The number of carbonyl (C=O) groups is 2. The van der Waals surface area contributed by atoms with Crippen LogP contribution in [-0.2, 0) is 9.59 Å². The van der Waals surface area contributed by atoms with Crippen LogP contribution in [0.25, 0.3) is 0 Å². The van der Waals surface area contributed by atoms with Gasteiger partial charge in [0.15, 0.2) is 0 Å². The Hall–Kier alpha value is -0.660. The lowest BCUT2D eigenvalue weighted by Crippen LogP contribution is -2.62. The van der Waals surface area contributed by atoms with E-state index in [1.807, 2.05) is 0 Å². The topological polar surface area (TPSA) is 34.1 Å². The smallest absolute Gasteiger partial charge is 0.145 e. The van der Waals surface area contributed by atoms with E-state index in [1.54, 1.807) is 0 Å². The van der Waals surface area contributed by atoms with Gasteiger partial charge in [0.2, 0.25) is 0 Å². The molecule has 0 aromatic carbocycles. The van der Waals surface area contributed by atoms with Crippen molar-refractivity contribution in [2.24, 2.45) is 45.3 Å². The standard InChI is InChI=1S/C25H44O.C22H38O/c1-3-5-7-8-9-12-21-15-18-24(19-16-21)20-25(23(24)26)17-11-10-14-22(25)13-6-4-2;1-3-5-6-8-19-11-15-22(16-12-19)17-21(20(22)23)13-9-18(7-4-2)10-14-21/h21-22H,3-20H2,1-2H3;18-19H,3-17H2,1-2H3. The number of Topliss-reactive ketones (excluding diaryl/α,β-unsaturated/α-hetero) is 2. The van der Waals surface area contributed by atoms with Gasteiger partial charge in [-0.25, -0.2) is 0 Å². The van der Waals surface area contributed by atoms with Crippen molar-refractivity contribution in [3.8, 4) is 0 Å². The molecule has 2 unspecified atom stereocenters. The molecule has 49 heavy (non-hydrogen) atoms. The largest absolute Gasteiger partial charge is 0.298 e. The Morgan fingerprint density at radius 2 is 0.898 bits per heavy atom. The highest BCUT2D eigenvalue weighted by Crippen LogP contribution is 2.67. The summed E-state index contributed by atoms with van der Waals surface area (Å²) in [6, 6.07) is 0. The van der Waals surface area contributed by atoms with Gasteiger partial charge in [0.1, 0.15) is 11.6 Å². The molecule has 4 spiro atoms. The van der Waals surface area contributed by atoms with Gasteiger partial charge in [-0.1, -0.05) is 130 Å². The molecule has 6 aliphatic carbocycles. The van der Waals surface area contributed by atoms with Crippen molar-refractivity contribution < 1.29 is 9.59 Å². The second-order valence-electron chi connectivity index (χ2n) is 19.4. The maximum absolute atomic E-state index is 13.5. The third-order valence-electron chi connectivity index (χ3n) is 16.2. The van der Waals surface area contributed by atoms with Gasteiger partial charge in [0.25, 0.3) is 0 Å². The number of rotatable bonds is 15. The Balaban J connectivity index is 0.000000192.